The van der Waals surface area contributed by atoms with Crippen LogP contribution in [-0.2, 0) is 10.0 Å². The molecule has 0 amide bonds. The average Bonchev–Trinajstić information content (AvgIpc) is 2.23. The van der Waals surface area contributed by atoms with Crippen LogP contribution in [0.5, 0.6) is 0 Å². The van der Waals surface area contributed by atoms with Gasteiger partial charge in [0.2, 0.25) is 10.0 Å². The van der Waals surface area contributed by atoms with Gasteiger partial charge in [0.15, 0.2) is 0 Å². The standard InChI is InChI=1S/C10H18N4O2S/c1-8-10(13-5-4-11-8)9(2)12-6-7-14-17(3,15)16/h4-5,9,12,14H,6-7H2,1-3H3. The zero-order chi connectivity index (χ0) is 12.9. The molecule has 0 radical (unpaired) electrons. The summed E-state index contributed by atoms with van der Waals surface area (Å²) in [5.41, 5.74) is 1.76. The summed E-state index contributed by atoms with van der Waals surface area (Å²) in [6.45, 7) is 4.78. The van der Waals surface area contributed by atoms with Crippen LogP contribution in [0.15, 0.2) is 12.4 Å². The minimum atomic E-state index is -3.11. The second-order valence-electron chi connectivity index (χ2n) is 3.87. The van der Waals surface area contributed by atoms with Crippen LogP contribution in [0, 0.1) is 6.92 Å². The predicted octanol–water partition coefficient (Wildman–Crippen LogP) is -0.0152. The van der Waals surface area contributed by atoms with E-state index in [0.717, 1.165) is 17.6 Å². The quantitative estimate of drug-likeness (QED) is 0.701. The topological polar surface area (TPSA) is 84.0 Å². The van der Waals surface area contributed by atoms with E-state index in [0.29, 0.717) is 13.1 Å². The molecule has 1 atom stereocenters. The Bertz CT molecular complexity index is 461. The van der Waals surface area contributed by atoms with Gasteiger partial charge in [-0.05, 0) is 13.8 Å². The first-order valence-corrected chi connectivity index (χ1v) is 7.25. The van der Waals surface area contributed by atoms with E-state index in [4.69, 9.17) is 0 Å². The zero-order valence-corrected chi connectivity index (χ0v) is 11.1. The first kappa shape index (κ1) is 14.0. The van der Waals surface area contributed by atoms with E-state index in [1.54, 1.807) is 12.4 Å². The van der Waals surface area contributed by atoms with Crippen LogP contribution in [0.1, 0.15) is 24.4 Å². The SMILES string of the molecule is Cc1nccnc1C(C)NCCNS(C)(=O)=O. The Kier molecular flexibility index (Phi) is 4.98. The molecule has 96 valence electrons. The molecule has 0 aliphatic rings. The highest BCUT2D eigenvalue weighted by atomic mass is 32.2. The maximum absolute atomic E-state index is 10.8. The Labute approximate surface area is 102 Å². The second kappa shape index (κ2) is 6.04. The molecule has 0 saturated carbocycles. The van der Waals surface area contributed by atoms with E-state index in [1.165, 1.54) is 0 Å². The maximum Gasteiger partial charge on any atom is 0.208 e. The fourth-order valence-corrected chi connectivity index (χ4v) is 1.94. The number of aryl methyl sites for hydroxylation is 1. The molecular formula is C10H18N4O2S. The summed E-state index contributed by atoms with van der Waals surface area (Å²) >= 11 is 0. The van der Waals surface area contributed by atoms with E-state index in [9.17, 15) is 8.42 Å². The van der Waals surface area contributed by atoms with Crippen molar-refractivity contribution in [2.24, 2.45) is 0 Å². The molecule has 1 unspecified atom stereocenters. The lowest BCUT2D eigenvalue weighted by molar-refractivity contribution is 0.545. The minimum absolute atomic E-state index is 0.0464. The molecule has 1 aromatic rings. The molecule has 0 fully saturated rings. The molecular weight excluding hydrogens is 240 g/mol. The lowest BCUT2D eigenvalue weighted by atomic mass is 10.2. The van der Waals surface area contributed by atoms with Crippen molar-refractivity contribution in [2.75, 3.05) is 19.3 Å². The normalized spacial score (nSPS) is 13.6. The van der Waals surface area contributed by atoms with Crippen molar-refractivity contribution >= 4 is 10.0 Å². The lowest BCUT2D eigenvalue weighted by Crippen LogP contribution is -2.32. The molecule has 1 rings (SSSR count). The monoisotopic (exact) mass is 258 g/mol. The molecule has 0 spiro atoms. The Morgan fingerprint density at radius 3 is 2.53 bits per heavy atom. The van der Waals surface area contributed by atoms with Gasteiger partial charge >= 0.3 is 0 Å². The van der Waals surface area contributed by atoms with Gasteiger partial charge in [-0.25, -0.2) is 13.1 Å². The third-order valence-electron chi connectivity index (χ3n) is 2.27. The van der Waals surface area contributed by atoms with Gasteiger partial charge in [-0.1, -0.05) is 0 Å². The minimum Gasteiger partial charge on any atom is -0.307 e. The van der Waals surface area contributed by atoms with Crippen LogP contribution in [-0.4, -0.2) is 37.7 Å². The fraction of sp³-hybridized carbons (Fsp3) is 0.600. The molecule has 0 saturated heterocycles. The Balaban J connectivity index is 2.41. The highest BCUT2D eigenvalue weighted by Crippen LogP contribution is 2.10. The first-order valence-electron chi connectivity index (χ1n) is 5.35. The molecule has 17 heavy (non-hydrogen) atoms. The fourth-order valence-electron chi connectivity index (χ4n) is 1.47. The van der Waals surface area contributed by atoms with Gasteiger partial charge in [-0.15, -0.1) is 0 Å². The van der Waals surface area contributed by atoms with Gasteiger partial charge in [0, 0.05) is 31.5 Å². The summed E-state index contributed by atoms with van der Waals surface area (Å²) < 4.78 is 24.1. The van der Waals surface area contributed by atoms with Gasteiger partial charge < -0.3 is 5.32 Å². The summed E-state index contributed by atoms with van der Waals surface area (Å²) in [6.07, 6.45) is 4.44. The van der Waals surface area contributed by atoms with Crippen molar-refractivity contribution in [3.05, 3.63) is 23.8 Å². The molecule has 1 aromatic heterocycles. The summed E-state index contributed by atoms with van der Waals surface area (Å²) in [5, 5.41) is 3.18. The van der Waals surface area contributed by atoms with Crippen molar-refractivity contribution in [1.29, 1.82) is 0 Å². The number of sulfonamides is 1. The van der Waals surface area contributed by atoms with Crippen LogP contribution in [0.25, 0.3) is 0 Å². The third-order valence-corrected chi connectivity index (χ3v) is 3.00. The Morgan fingerprint density at radius 1 is 1.29 bits per heavy atom. The van der Waals surface area contributed by atoms with Gasteiger partial charge in [0.25, 0.3) is 0 Å². The van der Waals surface area contributed by atoms with Crippen molar-refractivity contribution in [3.8, 4) is 0 Å². The van der Waals surface area contributed by atoms with Crippen LogP contribution in [0.3, 0.4) is 0 Å². The summed E-state index contributed by atoms with van der Waals surface area (Å²) in [6, 6.07) is 0.0464. The van der Waals surface area contributed by atoms with Crippen LogP contribution in [0.2, 0.25) is 0 Å². The number of hydrogen-bond acceptors (Lipinski definition) is 5. The molecule has 1 heterocycles. The van der Waals surface area contributed by atoms with Gasteiger partial charge in [0.05, 0.1) is 17.6 Å². The largest absolute Gasteiger partial charge is 0.307 e. The highest BCUT2D eigenvalue weighted by Gasteiger charge is 2.09. The Hall–Kier alpha value is -1.05. The number of nitrogens with zero attached hydrogens (tertiary/aromatic N) is 2. The van der Waals surface area contributed by atoms with Crippen molar-refractivity contribution < 1.29 is 8.42 Å². The van der Waals surface area contributed by atoms with Crippen LogP contribution < -0.4 is 10.0 Å². The van der Waals surface area contributed by atoms with Crippen molar-refractivity contribution in [1.82, 2.24) is 20.0 Å². The van der Waals surface area contributed by atoms with Gasteiger partial charge in [-0.3, -0.25) is 9.97 Å². The van der Waals surface area contributed by atoms with Crippen molar-refractivity contribution in [2.45, 2.75) is 19.9 Å². The molecule has 2 N–H and O–H groups in total. The van der Waals surface area contributed by atoms with Crippen LogP contribution >= 0.6 is 0 Å². The molecule has 0 aromatic carbocycles. The smallest absolute Gasteiger partial charge is 0.208 e. The molecule has 0 bridgehead atoms. The third kappa shape index (κ3) is 5.20. The maximum atomic E-state index is 10.8. The van der Waals surface area contributed by atoms with Crippen LogP contribution in [0.4, 0.5) is 0 Å². The summed E-state index contributed by atoms with van der Waals surface area (Å²) in [5.74, 6) is 0. The van der Waals surface area contributed by atoms with Gasteiger partial charge in [0.1, 0.15) is 0 Å². The van der Waals surface area contributed by atoms with E-state index in [-0.39, 0.29) is 6.04 Å². The average molecular weight is 258 g/mol. The molecule has 0 aliphatic carbocycles. The van der Waals surface area contributed by atoms with E-state index >= 15 is 0 Å². The predicted molar refractivity (Wildman–Crippen MR) is 66.0 cm³/mol. The lowest BCUT2D eigenvalue weighted by Gasteiger charge is -2.14. The molecule has 6 nitrogen and oxygen atoms in total. The number of rotatable bonds is 6. The molecule has 0 aliphatic heterocycles. The molecule has 7 heteroatoms. The summed E-state index contributed by atoms with van der Waals surface area (Å²) in [4.78, 5) is 8.40. The first-order chi connectivity index (χ1) is 7.90. The zero-order valence-electron chi connectivity index (χ0n) is 10.3. The Morgan fingerprint density at radius 2 is 1.94 bits per heavy atom. The summed E-state index contributed by atoms with van der Waals surface area (Å²) in [7, 11) is -3.11. The van der Waals surface area contributed by atoms with E-state index < -0.39 is 10.0 Å². The number of hydrogen-bond donors (Lipinski definition) is 2. The van der Waals surface area contributed by atoms with Crippen molar-refractivity contribution in [3.63, 3.8) is 0 Å². The van der Waals surface area contributed by atoms with Gasteiger partial charge in [-0.2, -0.15) is 0 Å². The number of aromatic nitrogens is 2. The number of nitrogens with one attached hydrogen (secondary N) is 2. The van der Waals surface area contributed by atoms with E-state index in [2.05, 4.69) is 20.0 Å². The highest BCUT2D eigenvalue weighted by molar-refractivity contribution is 7.88. The second-order valence-corrected chi connectivity index (χ2v) is 5.70. The van der Waals surface area contributed by atoms with E-state index in [1.807, 2.05) is 13.8 Å².